The molecule has 20 heavy (non-hydrogen) atoms. The molecule has 0 aliphatic rings. The summed E-state index contributed by atoms with van der Waals surface area (Å²) in [6.45, 7) is 2.63. The van der Waals surface area contributed by atoms with Crippen molar-refractivity contribution < 1.29 is 23.1 Å². The Labute approximate surface area is 117 Å². The molecule has 0 heterocycles. The SMILES string of the molecule is CC(C)S(=O)(=O)Nc1ccc(C(=O)NCC(=O)O)cc1. The molecule has 0 aromatic heterocycles. The summed E-state index contributed by atoms with van der Waals surface area (Å²) in [5.41, 5.74) is 0.590. The Hall–Kier alpha value is -2.09. The maximum Gasteiger partial charge on any atom is 0.322 e. The molecule has 1 aromatic rings. The molecule has 0 aliphatic carbocycles. The summed E-state index contributed by atoms with van der Waals surface area (Å²) < 4.78 is 25.7. The number of sulfonamides is 1. The predicted octanol–water partition coefficient (Wildman–Crippen LogP) is 0.651. The third-order valence-corrected chi connectivity index (χ3v) is 4.19. The second kappa shape index (κ2) is 6.38. The molecule has 0 radical (unpaired) electrons. The fourth-order valence-corrected chi connectivity index (χ4v) is 1.93. The van der Waals surface area contributed by atoms with Gasteiger partial charge in [-0.2, -0.15) is 0 Å². The van der Waals surface area contributed by atoms with Crippen LogP contribution in [0.3, 0.4) is 0 Å². The van der Waals surface area contributed by atoms with Crippen molar-refractivity contribution in [3.8, 4) is 0 Å². The van der Waals surface area contributed by atoms with Crippen molar-refractivity contribution in [3.63, 3.8) is 0 Å². The summed E-state index contributed by atoms with van der Waals surface area (Å²) in [6.07, 6.45) is 0. The Balaban J connectivity index is 2.74. The predicted molar refractivity (Wildman–Crippen MR) is 74.1 cm³/mol. The number of aliphatic carboxylic acids is 1. The number of carbonyl (C=O) groups is 2. The molecule has 0 fully saturated rings. The summed E-state index contributed by atoms with van der Waals surface area (Å²) in [5, 5.41) is 10.1. The molecule has 1 amide bonds. The molecule has 0 spiro atoms. The van der Waals surface area contributed by atoms with E-state index in [1.54, 1.807) is 13.8 Å². The number of carboxylic acid groups (broad SMARTS) is 1. The normalized spacial score (nSPS) is 11.2. The van der Waals surface area contributed by atoms with Crippen LogP contribution in [0.2, 0.25) is 0 Å². The molecular weight excluding hydrogens is 284 g/mol. The van der Waals surface area contributed by atoms with Crippen LogP contribution in [-0.4, -0.2) is 37.2 Å². The van der Waals surface area contributed by atoms with Crippen LogP contribution in [0, 0.1) is 0 Å². The van der Waals surface area contributed by atoms with E-state index in [0.29, 0.717) is 5.69 Å². The summed E-state index contributed by atoms with van der Waals surface area (Å²) >= 11 is 0. The van der Waals surface area contributed by atoms with Gasteiger partial charge in [-0.1, -0.05) is 0 Å². The van der Waals surface area contributed by atoms with Gasteiger partial charge in [-0.05, 0) is 38.1 Å². The molecule has 8 heteroatoms. The van der Waals surface area contributed by atoms with Gasteiger partial charge in [0.2, 0.25) is 10.0 Å². The van der Waals surface area contributed by atoms with Gasteiger partial charge in [0.15, 0.2) is 0 Å². The first-order valence-corrected chi connectivity index (χ1v) is 7.38. The van der Waals surface area contributed by atoms with Crippen molar-refractivity contribution in [3.05, 3.63) is 29.8 Å². The lowest BCUT2D eigenvalue weighted by Gasteiger charge is -2.11. The number of carboxylic acids is 1. The highest BCUT2D eigenvalue weighted by molar-refractivity contribution is 7.93. The van der Waals surface area contributed by atoms with Gasteiger partial charge in [0.05, 0.1) is 5.25 Å². The number of hydrogen-bond acceptors (Lipinski definition) is 4. The highest BCUT2D eigenvalue weighted by Crippen LogP contribution is 2.13. The molecular formula is C12H16N2O5S. The van der Waals surface area contributed by atoms with Gasteiger partial charge in [-0.25, -0.2) is 8.42 Å². The van der Waals surface area contributed by atoms with E-state index in [2.05, 4.69) is 10.0 Å². The first-order valence-electron chi connectivity index (χ1n) is 5.84. The number of benzene rings is 1. The average Bonchev–Trinajstić information content (AvgIpc) is 2.36. The van der Waals surface area contributed by atoms with Gasteiger partial charge >= 0.3 is 5.97 Å². The molecule has 7 nitrogen and oxygen atoms in total. The van der Waals surface area contributed by atoms with E-state index in [0.717, 1.165) is 0 Å². The fraction of sp³-hybridized carbons (Fsp3) is 0.333. The van der Waals surface area contributed by atoms with E-state index in [1.165, 1.54) is 24.3 Å². The third-order valence-electron chi connectivity index (χ3n) is 2.43. The van der Waals surface area contributed by atoms with Crippen molar-refractivity contribution in [1.29, 1.82) is 0 Å². The van der Waals surface area contributed by atoms with Crippen LogP contribution in [0.4, 0.5) is 5.69 Å². The van der Waals surface area contributed by atoms with Gasteiger partial charge in [-0.15, -0.1) is 0 Å². The highest BCUT2D eigenvalue weighted by Gasteiger charge is 2.15. The van der Waals surface area contributed by atoms with Crippen molar-refractivity contribution in [1.82, 2.24) is 5.32 Å². The number of rotatable bonds is 6. The molecule has 0 saturated carbocycles. The monoisotopic (exact) mass is 300 g/mol. The van der Waals surface area contributed by atoms with Crippen molar-refractivity contribution in [2.45, 2.75) is 19.1 Å². The summed E-state index contributed by atoms with van der Waals surface area (Å²) in [5.74, 6) is -1.68. The van der Waals surface area contributed by atoms with Crippen LogP contribution in [0.25, 0.3) is 0 Å². The average molecular weight is 300 g/mol. The van der Waals surface area contributed by atoms with Crippen LogP contribution in [0.1, 0.15) is 24.2 Å². The summed E-state index contributed by atoms with van der Waals surface area (Å²) in [7, 11) is -3.43. The molecule has 0 atom stereocenters. The van der Waals surface area contributed by atoms with Crippen LogP contribution < -0.4 is 10.0 Å². The molecule has 1 rings (SSSR count). The van der Waals surface area contributed by atoms with Crippen LogP contribution in [0.5, 0.6) is 0 Å². The lowest BCUT2D eigenvalue weighted by molar-refractivity contribution is -0.135. The zero-order valence-electron chi connectivity index (χ0n) is 11.1. The third kappa shape index (κ3) is 4.54. The maximum atomic E-state index is 11.6. The summed E-state index contributed by atoms with van der Waals surface area (Å²) in [6, 6.07) is 5.70. The van der Waals surface area contributed by atoms with Gasteiger partial charge < -0.3 is 10.4 Å². The maximum absolute atomic E-state index is 11.6. The largest absolute Gasteiger partial charge is 0.480 e. The lowest BCUT2D eigenvalue weighted by Crippen LogP contribution is -2.29. The van der Waals surface area contributed by atoms with E-state index in [1.807, 2.05) is 0 Å². The van der Waals surface area contributed by atoms with E-state index < -0.39 is 33.7 Å². The minimum absolute atomic E-state index is 0.249. The molecule has 0 unspecified atom stereocenters. The van der Waals surface area contributed by atoms with Crippen LogP contribution in [0.15, 0.2) is 24.3 Å². The second-order valence-electron chi connectivity index (χ2n) is 4.35. The number of carbonyl (C=O) groups excluding carboxylic acids is 1. The van der Waals surface area contributed by atoms with Gasteiger partial charge in [0.25, 0.3) is 5.91 Å². The van der Waals surface area contributed by atoms with Crippen molar-refractivity contribution >= 4 is 27.6 Å². The van der Waals surface area contributed by atoms with Gasteiger partial charge in [-0.3, -0.25) is 14.3 Å². The quantitative estimate of drug-likeness (QED) is 0.714. The number of amides is 1. The van der Waals surface area contributed by atoms with E-state index in [9.17, 15) is 18.0 Å². The fourth-order valence-electron chi connectivity index (χ4n) is 1.23. The van der Waals surface area contributed by atoms with Crippen molar-refractivity contribution in [2.75, 3.05) is 11.3 Å². The molecule has 3 N–H and O–H groups in total. The van der Waals surface area contributed by atoms with Gasteiger partial charge in [0, 0.05) is 11.3 Å². The van der Waals surface area contributed by atoms with E-state index in [4.69, 9.17) is 5.11 Å². The first kappa shape index (κ1) is 16.0. The zero-order chi connectivity index (χ0) is 15.3. The van der Waals surface area contributed by atoms with Crippen molar-refractivity contribution in [2.24, 2.45) is 0 Å². The van der Waals surface area contributed by atoms with E-state index in [-0.39, 0.29) is 5.56 Å². The summed E-state index contributed by atoms with van der Waals surface area (Å²) in [4.78, 5) is 21.9. The zero-order valence-corrected chi connectivity index (χ0v) is 11.9. The van der Waals surface area contributed by atoms with Gasteiger partial charge in [0.1, 0.15) is 6.54 Å². The van der Waals surface area contributed by atoms with Crippen LogP contribution >= 0.6 is 0 Å². The number of anilines is 1. The Kier molecular flexibility index (Phi) is 5.09. The second-order valence-corrected chi connectivity index (χ2v) is 6.59. The van der Waals surface area contributed by atoms with E-state index >= 15 is 0 Å². The molecule has 0 aliphatic heterocycles. The number of nitrogens with one attached hydrogen (secondary N) is 2. The Morgan fingerprint density at radius 2 is 1.75 bits per heavy atom. The minimum atomic E-state index is -3.43. The first-order chi connectivity index (χ1) is 9.22. The molecule has 0 bridgehead atoms. The Morgan fingerprint density at radius 1 is 1.20 bits per heavy atom. The molecule has 0 saturated heterocycles. The molecule has 1 aromatic carbocycles. The topological polar surface area (TPSA) is 113 Å². The Bertz CT molecular complexity index is 593. The highest BCUT2D eigenvalue weighted by atomic mass is 32.2. The molecule has 110 valence electrons. The smallest absolute Gasteiger partial charge is 0.322 e. The number of hydrogen-bond donors (Lipinski definition) is 3. The minimum Gasteiger partial charge on any atom is -0.480 e. The Morgan fingerprint density at radius 3 is 2.20 bits per heavy atom. The lowest BCUT2D eigenvalue weighted by atomic mass is 10.2. The standard InChI is InChI=1S/C12H16N2O5S/c1-8(2)20(18,19)14-10-5-3-9(4-6-10)12(17)13-7-11(15)16/h3-6,8,14H,7H2,1-2H3,(H,13,17)(H,15,16). The van der Waals surface area contributed by atoms with Crippen LogP contribution in [-0.2, 0) is 14.8 Å².